The molecule has 0 amide bonds. The Balaban J connectivity index is 0.00000192. The van der Waals surface area contributed by atoms with Gasteiger partial charge in [-0.25, -0.2) is 0 Å². The Bertz CT molecular complexity index is 654. The predicted molar refractivity (Wildman–Crippen MR) is 97.9 cm³/mol. The van der Waals surface area contributed by atoms with Crippen molar-refractivity contribution in [3.8, 4) is 11.3 Å². The second-order valence-electron chi connectivity index (χ2n) is 6.87. The zero-order chi connectivity index (χ0) is 15.7. The van der Waals surface area contributed by atoms with Crippen molar-refractivity contribution >= 4 is 24.0 Å². The average Bonchev–Trinajstić information content (AvgIpc) is 2.91. The molecule has 1 unspecified atom stereocenters. The van der Waals surface area contributed by atoms with E-state index < -0.39 is 0 Å². The molecular weight excluding hydrogens is 331 g/mol. The fourth-order valence-electron chi connectivity index (χ4n) is 3.19. The molecule has 1 aromatic carbocycles. The fourth-order valence-corrected chi connectivity index (χ4v) is 3.38. The molecular formula is C17H24Cl2N4. The van der Waals surface area contributed by atoms with Crippen LogP contribution in [0.15, 0.2) is 30.5 Å². The summed E-state index contributed by atoms with van der Waals surface area (Å²) in [5, 5.41) is 8.07. The van der Waals surface area contributed by atoms with E-state index >= 15 is 0 Å². The molecule has 1 saturated heterocycles. The van der Waals surface area contributed by atoms with Crippen LogP contribution < -0.4 is 5.73 Å². The molecule has 23 heavy (non-hydrogen) atoms. The van der Waals surface area contributed by atoms with Gasteiger partial charge in [0.1, 0.15) is 0 Å². The number of piperidine rings is 1. The third-order valence-corrected chi connectivity index (χ3v) is 4.85. The maximum atomic E-state index is 6.23. The number of nitrogens with two attached hydrogens (primary N) is 1. The average molecular weight is 355 g/mol. The van der Waals surface area contributed by atoms with Crippen LogP contribution in [0.2, 0.25) is 5.02 Å². The van der Waals surface area contributed by atoms with Crippen molar-refractivity contribution in [2.45, 2.75) is 32.9 Å². The number of nitrogens with one attached hydrogen (secondary N) is 1. The van der Waals surface area contributed by atoms with Gasteiger partial charge in [-0.2, -0.15) is 5.10 Å². The summed E-state index contributed by atoms with van der Waals surface area (Å²) < 4.78 is 0. The Morgan fingerprint density at radius 3 is 2.91 bits per heavy atom. The number of aromatic amines is 1. The van der Waals surface area contributed by atoms with Crippen molar-refractivity contribution in [2.24, 2.45) is 11.1 Å². The lowest BCUT2D eigenvalue weighted by molar-refractivity contribution is 0.0900. The minimum Gasteiger partial charge on any atom is -0.327 e. The van der Waals surface area contributed by atoms with Gasteiger partial charge in [-0.3, -0.25) is 10.00 Å². The van der Waals surface area contributed by atoms with Gasteiger partial charge in [0.15, 0.2) is 0 Å². The number of benzene rings is 1. The van der Waals surface area contributed by atoms with Crippen LogP contribution in [0, 0.1) is 5.41 Å². The number of rotatable bonds is 3. The van der Waals surface area contributed by atoms with E-state index in [2.05, 4.69) is 35.0 Å². The van der Waals surface area contributed by atoms with Crippen molar-refractivity contribution in [2.75, 3.05) is 13.1 Å². The molecule has 3 rings (SSSR count). The summed E-state index contributed by atoms with van der Waals surface area (Å²) >= 11 is 6.10. The maximum absolute atomic E-state index is 6.23. The Hall–Kier alpha value is -1.07. The van der Waals surface area contributed by atoms with Crippen LogP contribution in [0.4, 0.5) is 0 Å². The summed E-state index contributed by atoms with van der Waals surface area (Å²) in [6.45, 7) is 7.42. The monoisotopic (exact) mass is 354 g/mol. The molecule has 1 aromatic heterocycles. The van der Waals surface area contributed by atoms with Crippen LogP contribution in [0.3, 0.4) is 0 Å². The summed E-state index contributed by atoms with van der Waals surface area (Å²) in [6, 6.07) is 8.15. The van der Waals surface area contributed by atoms with E-state index in [-0.39, 0.29) is 23.9 Å². The van der Waals surface area contributed by atoms with Crippen LogP contribution in [0.5, 0.6) is 0 Å². The first kappa shape index (κ1) is 18.3. The van der Waals surface area contributed by atoms with Crippen LogP contribution >= 0.6 is 24.0 Å². The van der Waals surface area contributed by atoms with Gasteiger partial charge in [0.05, 0.1) is 11.9 Å². The van der Waals surface area contributed by atoms with Crippen molar-refractivity contribution in [3.63, 3.8) is 0 Å². The molecule has 0 bridgehead atoms. The lowest BCUT2D eigenvalue weighted by Gasteiger charge is -2.42. The third-order valence-electron chi connectivity index (χ3n) is 4.62. The fraction of sp³-hybridized carbons (Fsp3) is 0.471. The highest BCUT2D eigenvalue weighted by Crippen LogP contribution is 2.30. The minimum absolute atomic E-state index is 0. The first-order valence-corrected chi connectivity index (χ1v) is 8.09. The van der Waals surface area contributed by atoms with Gasteiger partial charge >= 0.3 is 0 Å². The zero-order valence-corrected chi connectivity index (χ0v) is 15.1. The Kier molecular flexibility index (Phi) is 5.74. The molecule has 0 aliphatic carbocycles. The van der Waals surface area contributed by atoms with E-state index in [4.69, 9.17) is 17.3 Å². The van der Waals surface area contributed by atoms with E-state index in [0.717, 1.165) is 42.3 Å². The van der Waals surface area contributed by atoms with E-state index in [9.17, 15) is 0 Å². The maximum Gasteiger partial charge on any atom is 0.0695 e. The molecule has 1 fully saturated rings. The van der Waals surface area contributed by atoms with E-state index in [1.165, 1.54) is 5.56 Å². The molecule has 4 nitrogen and oxygen atoms in total. The smallest absolute Gasteiger partial charge is 0.0695 e. The standard InChI is InChI=1S/C17H23ClN4.ClH/c1-17(2)11-22(7-6-15(17)19)10-13-9-20-21-16(13)12-4-3-5-14(18)8-12;/h3-5,8-9,15H,6-7,10-11,19H2,1-2H3,(H,20,21);1H. The number of hydrogen-bond acceptors (Lipinski definition) is 3. The second kappa shape index (κ2) is 7.22. The third kappa shape index (κ3) is 4.07. The van der Waals surface area contributed by atoms with E-state index in [1.54, 1.807) is 0 Å². The summed E-state index contributed by atoms with van der Waals surface area (Å²) in [6.07, 6.45) is 2.95. The molecule has 1 aliphatic heterocycles. The number of likely N-dealkylation sites (tertiary alicyclic amines) is 1. The Labute approximate surface area is 148 Å². The van der Waals surface area contributed by atoms with E-state index in [0.29, 0.717) is 0 Å². The lowest BCUT2D eigenvalue weighted by Crippen LogP contribution is -2.52. The first-order chi connectivity index (χ1) is 10.5. The molecule has 2 aromatic rings. The highest BCUT2D eigenvalue weighted by Gasteiger charge is 2.33. The Morgan fingerprint density at radius 1 is 1.43 bits per heavy atom. The summed E-state index contributed by atoms with van der Waals surface area (Å²) in [5.74, 6) is 0. The summed E-state index contributed by atoms with van der Waals surface area (Å²) in [4.78, 5) is 2.46. The van der Waals surface area contributed by atoms with Crippen molar-refractivity contribution in [1.82, 2.24) is 15.1 Å². The molecule has 1 atom stereocenters. The summed E-state index contributed by atoms with van der Waals surface area (Å²) in [7, 11) is 0. The highest BCUT2D eigenvalue weighted by molar-refractivity contribution is 6.30. The number of H-pyrrole nitrogens is 1. The SMILES string of the molecule is CC1(C)CN(Cc2cn[nH]c2-c2cccc(Cl)c2)CCC1N.Cl. The van der Waals surface area contributed by atoms with Crippen molar-refractivity contribution < 1.29 is 0 Å². The second-order valence-corrected chi connectivity index (χ2v) is 7.31. The quantitative estimate of drug-likeness (QED) is 0.882. The Morgan fingerprint density at radius 2 is 2.22 bits per heavy atom. The minimum atomic E-state index is 0. The zero-order valence-electron chi connectivity index (χ0n) is 13.6. The van der Waals surface area contributed by atoms with Crippen molar-refractivity contribution in [3.05, 3.63) is 41.0 Å². The molecule has 126 valence electrons. The van der Waals surface area contributed by atoms with Gasteiger partial charge in [0, 0.05) is 41.8 Å². The topological polar surface area (TPSA) is 57.9 Å². The molecule has 2 heterocycles. The lowest BCUT2D eigenvalue weighted by atomic mass is 9.79. The number of hydrogen-bond donors (Lipinski definition) is 2. The number of nitrogens with zero attached hydrogens (tertiary/aromatic N) is 2. The van der Waals surface area contributed by atoms with Crippen LogP contribution in [0.25, 0.3) is 11.3 Å². The van der Waals surface area contributed by atoms with Crippen molar-refractivity contribution in [1.29, 1.82) is 0 Å². The largest absolute Gasteiger partial charge is 0.327 e. The van der Waals surface area contributed by atoms with Gasteiger partial charge in [0.25, 0.3) is 0 Å². The van der Waals surface area contributed by atoms with Gasteiger partial charge in [-0.05, 0) is 24.0 Å². The number of halogens is 2. The molecule has 3 N–H and O–H groups in total. The van der Waals surface area contributed by atoms with Crippen LogP contribution in [-0.4, -0.2) is 34.2 Å². The molecule has 1 aliphatic rings. The normalized spacial score (nSPS) is 21.0. The predicted octanol–water partition coefficient (Wildman–Crippen LogP) is 3.71. The molecule has 0 spiro atoms. The summed E-state index contributed by atoms with van der Waals surface area (Å²) in [5.41, 5.74) is 9.71. The molecule has 0 radical (unpaired) electrons. The first-order valence-electron chi connectivity index (χ1n) is 7.72. The number of aromatic nitrogens is 2. The van der Waals surface area contributed by atoms with Crippen LogP contribution in [-0.2, 0) is 6.54 Å². The van der Waals surface area contributed by atoms with Crippen LogP contribution in [0.1, 0.15) is 25.8 Å². The van der Waals surface area contributed by atoms with Gasteiger partial charge in [-0.15, -0.1) is 12.4 Å². The molecule has 6 heteroatoms. The van der Waals surface area contributed by atoms with Gasteiger partial charge in [0.2, 0.25) is 0 Å². The van der Waals surface area contributed by atoms with Gasteiger partial charge in [-0.1, -0.05) is 37.6 Å². The van der Waals surface area contributed by atoms with Gasteiger partial charge < -0.3 is 5.73 Å². The van der Waals surface area contributed by atoms with E-state index in [1.807, 2.05) is 24.4 Å². The molecule has 0 saturated carbocycles. The highest BCUT2D eigenvalue weighted by atomic mass is 35.5.